The third-order valence-electron chi connectivity index (χ3n) is 10.7. The summed E-state index contributed by atoms with van der Waals surface area (Å²) in [5, 5.41) is 9.78. The van der Waals surface area contributed by atoms with Crippen LogP contribution in [0.15, 0.2) is 109 Å². The number of phosphoric ester groups is 1. The predicted molar refractivity (Wildman–Crippen MR) is 288 cm³/mol. The van der Waals surface area contributed by atoms with Crippen LogP contribution in [0.5, 0.6) is 0 Å². The van der Waals surface area contributed by atoms with Crippen LogP contribution in [-0.2, 0) is 42.2 Å². The second-order valence-corrected chi connectivity index (χ2v) is 18.7. The lowest BCUT2D eigenvalue weighted by molar-refractivity contribution is -0.161. The number of aliphatic hydroxyl groups excluding tert-OH is 1. The van der Waals surface area contributed by atoms with Crippen LogP contribution in [-0.4, -0.2) is 66.5 Å². The van der Waals surface area contributed by atoms with Crippen LogP contribution in [0, 0.1) is 0 Å². The average Bonchev–Trinajstić information content (AvgIpc) is 3.35. The van der Waals surface area contributed by atoms with Crippen molar-refractivity contribution < 1.29 is 52.2 Å². The predicted octanol–water partition coefficient (Wildman–Crippen LogP) is 15.5. The van der Waals surface area contributed by atoms with Gasteiger partial charge < -0.3 is 24.2 Å². The molecule has 0 aromatic carbocycles. The highest BCUT2D eigenvalue weighted by Gasteiger charge is 2.28. The molecule has 398 valence electrons. The summed E-state index contributed by atoms with van der Waals surface area (Å²) in [6.07, 6.45) is 60.7. The lowest BCUT2D eigenvalue weighted by Crippen LogP contribution is -2.30. The van der Waals surface area contributed by atoms with Gasteiger partial charge in [0.2, 0.25) is 0 Å². The number of allylic oxidation sites excluding steroid dienone is 18. The molecule has 3 unspecified atom stereocenters. The number of esters is 3. The van der Waals surface area contributed by atoms with Crippen LogP contribution in [0.3, 0.4) is 0 Å². The molecule has 0 aliphatic carbocycles. The molecule has 2 N–H and O–H groups in total. The van der Waals surface area contributed by atoms with E-state index in [4.69, 9.17) is 23.3 Å². The molecule has 0 fully saturated rings. The minimum atomic E-state index is -4.77. The fourth-order valence-corrected chi connectivity index (χ4v) is 7.42. The number of ether oxygens (including phenoxy) is 3. The Morgan fingerprint density at radius 2 is 0.757 bits per heavy atom. The van der Waals surface area contributed by atoms with E-state index in [1.807, 2.05) is 6.08 Å². The fourth-order valence-electron chi connectivity index (χ4n) is 6.63. The third-order valence-corrected chi connectivity index (χ3v) is 11.6. The average molecular weight is 999 g/mol. The normalized spacial score (nSPS) is 14.3. The molecule has 0 aromatic heterocycles. The van der Waals surface area contributed by atoms with E-state index < -0.39 is 57.8 Å². The Bertz CT molecular complexity index is 1590. The van der Waals surface area contributed by atoms with Gasteiger partial charge in [0, 0.05) is 19.3 Å². The van der Waals surface area contributed by atoms with Crippen LogP contribution < -0.4 is 0 Å². The minimum Gasteiger partial charge on any atom is -0.462 e. The largest absolute Gasteiger partial charge is 0.472 e. The third kappa shape index (κ3) is 49.1. The van der Waals surface area contributed by atoms with E-state index in [1.54, 1.807) is 0 Å². The van der Waals surface area contributed by atoms with Crippen molar-refractivity contribution in [2.24, 2.45) is 0 Å². The van der Waals surface area contributed by atoms with Gasteiger partial charge in [-0.1, -0.05) is 175 Å². The van der Waals surface area contributed by atoms with Crippen molar-refractivity contribution in [3.63, 3.8) is 0 Å². The molecule has 0 spiro atoms. The summed E-state index contributed by atoms with van der Waals surface area (Å²) in [4.78, 5) is 48.3. The molecule has 0 amide bonds. The zero-order valence-electron chi connectivity index (χ0n) is 43.7. The van der Waals surface area contributed by atoms with Crippen molar-refractivity contribution in [1.82, 2.24) is 0 Å². The minimum absolute atomic E-state index is 0.114. The molecule has 0 bridgehead atoms. The van der Waals surface area contributed by atoms with E-state index in [9.17, 15) is 28.9 Å². The van der Waals surface area contributed by atoms with Crippen LogP contribution >= 0.6 is 7.82 Å². The zero-order valence-corrected chi connectivity index (χ0v) is 44.6. The van der Waals surface area contributed by atoms with Crippen molar-refractivity contribution in [1.29, 1.82) is 0 Å². The Hall–Kier alpha value is -3.86. The standard InChI is InChI=1S/C58H95O11P/c1-4-7-10-13-16-19-22-25-26-27-28-31-32-35-38-41-44-47-56(60)65-51-55(69-58(62)49-46-43-40-37-34-30-24-21-18-15-12-9-6-3)53-67-70(63,64)66-52-54(50-59)68-57(61)48-45-42-39-36-33-29-23-20-17-14-11-8-5-2/h7,9-10,12,16,18-21,23,25-26,28,30-31,34-35,38,54-55,59H,4-6,8,11,13-15,17,22,24,27,29,32-33,36-37,39-53H2,1-3H3,(H,63,64)/b10-7-,12-9-,19-16-,21-18-,23-20-,26-25-,31-28-,34-30-,38-35-. The van der Waals surface area contributed by atoms with Gasteiger partial charge in [-0.05, 0) is 116 Å². The molecular weight excluding hydrogens is 904 g/mol. The van der Waals surface area contributed by atoms with Gasteiger partial charge in [-0.3, -0.25) is 23.4 Å². The number of hydrogen-bond acceptors (Lipinski definition) is 10. The highest BCUT2D eigenvalue weighted by atomic mass is 31.2. The maximum absolute atomic E-state index is 12.9. The Balaban J connectivity index is 4.87. The number of aliphatic hydroxyl groups is 1. The Labute approximate surface area is 425 Å². The molecule has 0 aliphatic heterocycles. The van der Waals surface area contributed by atoms with E-state index in [-0.39, 0.29) is 25.9 Å². The van der Waals surface area contributed by atoms with Crippen LogP contribution in [0.2, 0.25) is 0 Å². The number of rotatable bonds is 48. The summed E-state index contributed by atoms with van der Waals surface area (Å²) >= 11 is 0. The first-order valence-electron chi connectivity index (χ1n) is 26.8. The highest BCUT2D eigenvalue weighted by Crippen LogP contribution is 2.43. The molecule has 12 heteroatoms. The molecule has 0 aliphatic rings. The Morgan fingerprint density at radius 3 is 1.21 bits per heavy atom. The van der Waals surface area contributed by atoms with Crippen molar-refractivity contribution >= 4 is 25.7 Å². The SMILES string of the molecule is CC/C=C\C/C=C\C/C=C\C/C=C\C/C=C\CCCC(=O)OCC(COP(=O)(O)OCC(CO)OC(=O)CCCCCCC/C=C\CCCCCC)OC(=O)CCCCC/C=C\C/C=C\C/C=C\CC. The topological polar surface area (TPSA) is 155 Å². The van der Waals surface area contributed by atoms with Gasteiger partial charge in [0.05, 0.1) is 19.8 Å². The summed E-state index contributed by atoms with van der Waals surface area (Å²) < 4.78 is 39.3. The number of carbonyl (C=O) groups is 3. The van der Waals surface area contributed by atoms with Crippen LogP contribution in [0.4, 0.5) is 0 Å². The monoisotopic (exact) mass is 999 g/mol. The summed E-state index contributed by atoms with van der Waals surface area (Å²) in [5.74, 6) is -1.59. The molecule has 70 heavy (non-hydrogen) atoms. The maximum Gasteiger partial charge on any atom is 0.472 e. The lowest BCUT2D eigenvalue weighted by atomic mass is 10.1. The highest BCUT2D eigenvalue weighted by molar-refractivity contribution is 7.47. The summed E-state index contributed by atoms with van der Waals surface area (Å²) in [6, 6.07) is 0. The first-order chi connectivity index (χ1) is 34.2. The molecular formula is C58H95O11P. The van der Waals surface area contributed by atoms with Crippen molar-refractivity contribution in [2.75, 3.05) is 26.4 Å². The number of unbranched alkanes of at least 4 members (excludes halogenated alkanes) is 13. The van der Waals surface area contributed by atoms with Gasteiger partial charge in [-0.15, -0.1) is 0 Å². The van der Waals surface area contributed by atoms with Gasteiger partial charge in [0.25, 0.3) is 0 Å². The van der Waals surface area contributed by atoms with Crippen molar-refractivity contribution in [3.8, 4) is 0 Å². The molecule has 0 saturated heterocycles. The molecule has 0 aromatic rings. The van der Waals surface area contributed by atoms with Crippen molar-refractivity contribution in [3.05, 3.63) is 109 Å². The van der Waals surface area contributed by atoms with Gasteiger partial charge in [0.15, 0.2) is 6.10 Å². The van der Waals surface area contributed by atoms with Gasteiger partial charge in [-0.2, -0.15) is 0 Å². The molecule has 0 heterocycles. The molecule has 0 rings (SSSR count). The van der Waals surface area contributed by atoms with E-state index in [0.717, 1.165) is 109 Å². The fraction of sp³-hybridized carbons (Fsp3) is 0.638. The molecule has 0 radical (unpaired) electrons. The quantitative estimate of drug-likeness (QED) is 0.0197. The molecule has 0 saturated carbocycles. The first kappa shape index (κ1) is 66.1. The lowest BCUT2D eigenvalue weighted by Gasteiger charge is -2.21. The van der Waals surface area contributed by atoms with Gasteiger partial charge in [0.1, 0.15) is 12.7 Å². The summed E-state index contributed by atoms with van der Waals surface area (Å²) in [5.41, 5.74) is 0. The number of carbonyl (C=O) groups excluding carboxylic acids is 3. The molecule has 3 atom stereocenters. The van der Waals surface area contributed by atoms with Crippen LogP contribution in [0.1, 0.15) is 201 Å². The zero-order chi connectivity index (χ0) is 51.3. The van der Waals surface area contributed by atoms with Gasteiger partial charge >= 0.3 is 25.7 Å². The van der Waals surface area contributed by atoms with Crippen LogP contribution in [0.25, 0.3) is 0 Å². The number of phosphoric acid groups is 1. The van der Waals surface area contributed by atoms with E-state index in [1.165, 1.54) is 25.7 Å². The maximum atomic E-state index is 12.9. The van der Waals surface area contributed by atoms with Crippen molar-refractivity contribution in [2.45, 2.75) is 213 Å². The first-order valence-corrected chi connectivity index (χ1v) is 28.3. The second kappa shape index (κ2) is 51.5. The van der Waals surface area contributed by atoms with E-state index in [2.05, 4.69) is 124 Å². The Morgan fingerprint density at radius 1 is 0.414 bits per heavy atom. The summed E-state index contributed by atoms with van der Waals surface area (Å²) in [7, 11) is -4.77. The second-order valence-electron chi connectivity index (χ2n) is 17.3. The molecule has 11 nitrogen and oxygen atoms in total. The smallest absolute Gasteiger partial charge is 0.462 e. The number of hydrogen-bond donors (Lipinski definition) is 2. The Kier molecular flexibility index (Phi) is 48.7. The summed E-state index contributed by atoms with van der Waals surface area (Å²) in [6.45, 7) is 4.26. The van der Waals surface area contributed by atoms with E-state index >= 15 is 0 Å². The van der Waals surface area contributed by atoms with Gasteiger partial charge in [-0.25, -0.2) is 4.57 Å². The van der Waals surface area contributed by atoms with E-state index in [0.29, 0.717) is 25.7 Å².